The molecule has 1 amide bonds. The summed E-state index contributed by atoms with van der Waals surface area (Å²) in [5.41, 5.74) is -0.664. The number of nitrogens with one attached hydrogen (secondary N) is 1. The van der Waals surface area contributed by atoms with Gasteiger partial charge in [0.2, 0.25) is 0 Å². The van der Waals surface area contributed by atoms with Crippen molar-refractivity contribution in [3.8, 4) is 0 Å². The first-order chi connectivity index (χ1) is 13.7. The molecular weight excluding hydrogens is 370 g/mol. The maximum Gasteiger partial charge on any atom is 0.408 e. The summed E-state index contributed by atoms with van der Waals surface area (Å²) in [7, 11) is 0. The Bertz CT molecular complexity index is 397. The fraction of sp³-hybridized carbons (Fsp3) is 0.957. The van der Waals surface area contributed by atoms with Crippen molar-refractivity contribution in [3.63, 3.8) is 0 Å². The Morgan fingerprint density at radius 3 is 1.72 bits per heavy atom. The SMILES string of the molecule is CCCCCCCCCCCCCC[C@H](O)[C@@H](O)[C@H](CO)NC(=O)OC(C)(C)C. The van der Waals surface area contributed by atoms with Crippen LogP contribution in [0.5, 0.6) is 0 Å². The highest BCUT2D eigenvalue weighted by Crippen LogP contribution is 2.15. The maximum absolute atomic E-state index is 11.8. The molecule has 0 heterocycles. The van der Waals surface area contributed by atoms with Crippen molar-refractivity contribution in [1.29, 1.82) is 0 Å². The van der Waals surface area contributed by atoms with Crippen LogP contribution in [0.25, 0.3) is 0 Å². The Kier molecular flexibility index (Phi) is 16.4. The third-order valence-electron chi connectivity index (χ3n) is 5.06. The zero-order valence-corrected chi connectivity index (χ0v) is 19.3. The molecule has 0 aromatic heterocycles. The predicted molar refractivity (Wildman–Crippen MR) is 118 cm³/mol. The van der Waals surface area contributed by atoms with Crippen molar-refractivity contribution in [2.75, 3.05) is 6.61 Å². The van der Waals surface area contributed by atoms with Gasteiger partial charge in [-0.1, -0.05) is 84.0 Å². The highest BCUT2D eigenvalue weighted by Gasteiger charge is 2.28. The zero-order valence-electron chi connectivity index (χ0n) is 19.3. The lowest BCUT2D eigenvalue weighted by atomic mass is 9.99. The average Bonchev–Trinajstić information content (AvgIpc) is 2.64. The molecule has 0 saturated carbocycles. The molecule has 174 valence electrons. The Balaban J connectivity index is 3.81. The molecule has 0 radical (unpaired) electrons. The lowest BCUT2D eigenvalue weighted by Gasteiger charge is -2.28. The van der Waals surface area contributed by atoms with Crippen LogP contribution in [0, 0.1) is 0 Å². The van der Waals surface area contributed by atoms with Crippen LogP contribution in [0.15, 0.2) is 0 Å². The minimum atomic E-state index is -1.22. The molecule has 0 spiro atoms. The standard InChI is InChI=1S/C23H47NO5/c1-5-6-7-8-9-10-11-12-13-14-15-16-17-20(26)21(27)19(18-25)24-22(28)29-23(2,3)4/h19-21,25-27H,5-18H2,1-4H3,(H,24,28)/t19-,20-,21-/m0/s1. The van der Waals surface area contributed by atoms with Crippen LogP contribution >= 0.6 is 0 Å². The maximum atomic E-state index is 11.8. The second-order valence-corrected chi connectivity index (χ2v) is 9.17. The molecule has 6 heteroatoms. The second kappa shape index (κ2) is 16.9. The first kappa shape index (κ1) is 28.1. The van der Waals surface area contributed by atoms with Gasteiger partial charge in [0.05, 0.1) is 18.8 Å². The third kappa shape index (κ3) is 16.6. The van der Waals surface area contributed by atoms with Gasteiger partial charge in [0, 0.05) is 0 Å². The summed E-state index contributed by atoms with van der Waals surface area (Å²) in [6, 6.07) is -0.947. The zero-order chi connectivity index (χ0) is 22.1. The lowest BCUT2D eigenvalue weighted by molar-refractivity contribution is -0.0248. The Morgan fingerprint density at radius 1 is 0.862 bits per heavy atom. The smallest absolute Gasteiger partial charge is 0.408 e. The normalized spacial score (nSPS) is 15.0. The molecule has 3 atom stereocenters. The Labute approximate surface area is 178 Å². The molecule has 6 nitrogen and oxygen atoms in total. The summed E-state index contributed by atoms with van der Waals surface area (Å²) in [5, 5.41) is 32.2. The number of amides is 1. The van der Waals surface area contributed by atoms with E-state index in [4.69, 9.17) is 4.74 Å². The van der Waals surface area contributed by atoms with E-state index >= 15 is 0 Å². The van der Waals surface area contributed by atoms with E-state index in [2.05, 4.69) is 12.2 Å². The molecule has 0 aliphatic rings. The fourth-order valence-corrected chi connectivity index (χ4v) is 3.33. The van der Waals surface area contributed by atoms with Gasteiger partial charge >= 0.3 is 6.09 Å². The van der Waals surface area contributed by atoms with Crippen LogP contribution in [0.2, 0.25) is 0 Å². The van der Waals surface area contributed by atoms with Crippen LogP contribution in [-0.2, 0) is 4.74 Å². The van der Waals surface area contributed by atoms with E-state index in [0.29, 0.717) is 6.42 Å². The molecule has 0 aliphatic heterocycles. The van der Waals surface area contributed by atoms with Gasteiger partial charge in [-0.15, -0.1) is 0 Å². The van der Waals surface area contributed by atoms with Crippen LogP contribution in [0.4, 0.5) is 4.79 Å². The summed E-state index contributed by atoms with van der Waals surface area (Å²) in [4.78, 5) is 11.8. The minimum Gasteiger partial charge on any atom is -0.444 e. The third-order valence-corrected chi connectivity index (χ3v) is 5.06. The van der Waals surface area contributed by atoms with Gasteiger partial charge in [-0.2, -0.15) is 0 Å². The molecule has 29 heavy (non-hydrogen) atoms. The number of carbonyl (C=O) groups excluding carboxylic acids is 1. The molecular formula is C23H47NO5. The monoisotopic (exact) mass is 417 g/mol. The number of rotatable bonds is 17. The van der Waals surface area contributed by atoms with Crippen molar-refractivity contribution in [3.05, 3.63) is 0 Å². The summed E-state index contributed by atoms with van der Waals surface area (Å²) < 4.78 is 5.12. The number of carbonyl (C=O) groups is 1. The highest BCUT2D eigenvalue weighted by atomic mass is 16.6. The number of aliphatic hydroxyl groups excluding tert-OH is 3. The largest absolute Gasteiger partial charge is 0.444 e. The van der Waals surface area contributed by atoms with E-state index in [1.54, 1.807) is 20.8 Å². The number of ether oxygens (including phenoxy) is 1. The average molecular weight is 418 g/mol. The Hall–Kier alpha value is -0.850. The van der Waals surface area contributed by atoms with Crippen molar-refractivity contribution >= 4 is 6.09 Å². The molecule has 0 aromatic carbocycles. The van der Waals surface area contributed by atoms with Crippen molar-refractivity contribution < 1.29 is 24.9 Å². The van der Waals surface area contributed by atoms with Gasteiger partial charge in [-0.05, 0) is 27.2 Å². The molecule has 4 N–H and O–H groups in total. The van der Waals surface area contributed by atoms with Crippen LogP contribution in [-0.4, -0.2) is 51.9 Å². The topological polar surface area (TPSA) is 99.0 Å². The second-order valence-electron chi connectivity index (χ2n) is 9.17. The molecule has 0 unspecified atom stereocenters. The summed E-state index contributed by atoms with van der Waals surface area (Å²) >= 11 is 0. The molecule has 0 saturated heterocycles. The summed E-state index contributed by atoms with van der Waals surface area (Å²) in [5.74, 6) is 0. The van der Waals surface area contributed by atoms with Gasteiger partial charge in [-0.3, -0.25) is 0 Å². The van der Waals surface area contributed by atoms with E-state index < -0.39 is 36.6 Å². The van der Waals surface area contributed by atoms with Crippen molar-refractivity contribution in [2.24, 2.45) is 0 Å². The number of hydrogen-bond acceptors (Lipinski definition) is 5. The first-order valence-electron chi connectivity index (χ1n) is 11.7. The summed E-state index contributed by atoms with van der Waals surface area (Å²) in [6.45, 7) is 6.99. The van der Waals surface area contributed by atoms with Gasteiger partial charge in [0.15, 0.2) is 0 Å². The Morgan fingerprint density at radius 2 is 1.31 bits per heavy atom. The van der Waals surface area contributed by atoms with Crippen LogP contribution in [0.3, 0.4) is 0 Å². The van der Waals surface area contributed by atoms with Gasteiger partial charge in [0.25, 0.3) is 0 Å². The number of alkyl carbamates (subject to hydrolysis) is 1. The minimum absolute atomic E-state index is 0.449. The van der Waals surface area contributed by atoms with Crippen LogP contribution in [0.1, 0.15) is 111 Å². The van der Waals surface area contributed by atoms with Crippen molar-refractivity contribution in [2.45, 2.75) is 135 Å². The van der Waals surface area contributed by atoms with E-state index in [1.807, 2.05) is 0 Å². The quantitative estimate of drug-likeness (QED) is 0.257. The number of hydrogen-bond donors (Lipinski definition) is 4. The molecule has 0 aliphatic carbocycles. The number of unbranched alkanes of at least 4 members (excludes halogenated alkanes) is 11. The fourth-order valence-electron chi connectivity index (χ4n) is 3.33. The molecule has 0 aromatic rings. The van der Waals surface area contributed by atoms with Gasteiger partial charge < -0.3 is 25.4 Å². The first-order valence-corrected chi connectivity index (χ1v) is 11.7. The van der Waals surface area contributed by atoms with E-state index in [9.17, 15) is 20.1 Å². The van der Waals surface area contributed by atoms with Gasteiger partial charge in [0.1, 0.15) is 11.7 Å². The van der Waals surface area contributed by atoms with Gasteiger partial charge in [-0.25, -0.2) is 4.79 Å². The van der Waals surface area contributed by atoms with E-state index in [-0.39, 0.29) is 0 Å². The molecule has 0 rings (SSSR count). The van der Waals surface area contributed by atoms with E-state index in [1.165, 1.54) is 57.8 Å². The summed E-state index contributed by atoms with van der Waals surface area (Å²) in [6.07, 6.45) is 12.4. The van der Waals surface area contributed by atoms with E-state index in [0.717, 1.165) is 19.3 Å². The molecule has 0 fully saturated rings. The molecule has 0 bridgehead atoms. The predicted octanol–water partition coefficient (Wildman–Crippen LogP) is 4.69. The lowest BCUT2D eigenvalue weighted by Crippen LogP contribution is -2.51. The van der Waals surface area contributed by atoms with Crippen LogP contribution < -0.4 is 5.32 Å². The number of aliphatic hydroxyl groups is 3. The highest BCUT2D eigenvalue weighted by molar-refractivity contribution is 5.68. The van der Waals surface area contributed by atoms with Crippen molar-refractivity contribution in [1.82, 2.24) is 5.32 Å².